The molecule has 0 saturated carbocycles. The number of ether oxygens (including phenoxy) is 2. The molecular formula is C28H24N2O3. The first-order valence-electron chi connectivity index (χ1n) is 10.8. The van der Waals surface area contributed by atoms with Crippen molar-refractivity contribution in [3.63, 3.8) is 0 Å². The fourth-order valence-corrected chi connectivity index (χ4v) is 4.24. The first-order chi connectivity index (χ1) is 16.2. The predicted molar refractivity (Wildman–Crippen MR) is 132 cm³/mol. The van der Waals surface area contributed by atoms with Crippen LogP contribution in [0.4, 0.5) is 11.4 Å². The summed E-state index contributed by atoms with van der Waals surface area (Å²) < 4.78 is 10.5. The van der Waals surface area contributed by atoms with Gasteiger partial charge in [0.25, 0.3) is 5.91 Å². The van der Waals surface area contributed by atoms with Crippen LogP contribution in [0.5, 0.6) is 11.5 Å². The summed E-state index contributed by atoms with van der Waals surface area (Å²) in [5, 5.41) is 5.57. The Balaban J connectivity index is 1.58. The van der Waals surface area contributed by atoms with E-state index in [0.29, 0.717) is 5.70 Å². The summed E-state index contributed by atoms with van der Waals surface area (Å²) in [6.07, 6.45) is 2.00. The first kappa shape index (κ1) is 20.6. The molecule has 1 atom stereocenters. The van der Waals surface area contributed by atoms with Crippen molar-refractivity contribution in [2.75, 3.05) is 24.4 Å². The first-order valence-corrected chi connectivity index (χ1v) is 10.8. The molecule has 1 heterocycles. The van der Waals surface area contributed by atoms with Gasteiger partial charge in [0.15, 0.2) is 0 Å². The normalized spacial score (nSPS) is 15.5. The quantitative estimate of drug-likeness (QED) is 0.406. The van der Waals surface area contributed by atoms with Gasteiger partial charge in [0.05, 0.1) is 20.3 Å². The van der Waals surface area contributed by atoms with Crippen LogP contribution >= 0.6 is 0 Å². The van der Waals surface area contributed by atoms with E-state index in [9.17, 15) is 4.79 Å². The predicted octanol–water partition coefficient (Wildman–Crippen LogP) is 5.94. The number of carbonyl (C=O) groups excluding carboxylic acids is 1. The highest BCUT2D eigenvalue weighted by Gasteiger charge is 2.35. The zero-order valence-electron chi connectivity index (χ0n) is 18.5. The molecule has 5 heteroatoms. The molecule has 0 unspecified atom stereocenters. The molecular weight excluding hydrogens is 412 g/mol. The van der Waals surface area contributed by atoms with Crippen molar-refractivity contribution >= 4 is 28.1 Å². The summed E-state index contributed by atoms with van der Waals surface area (Å²) in [4.78, 5) is 15.5. The molecule has 5 rings (SSSR count). The number of nitrogens with one attached hydrogen (secondary N) is 1. The van der Waals surface area contributed by atoms with E-state index in [2.05, 4.69) is 29.6 Å². The minimum atomic E-state index is -0.252. The van der Waals surface area contributed by atoms with Crippen LogP contribution in [0.3, 0.4) is 0 Å². The number of carbonyl (C=O) groups is 1. The lowest BCUT2D eigenvalue weighted by Crippen LogP contribution is -2.30. The van der Waals surface area contributed by atoms with E-state index in [1.54, 1.807) is 14.2 Å². The Kier molecular flexibility index (Phi) is 5.45. The van der Waals surface area contributed by atoms with Crippen molar-refractivity contribution in [1.82, 2.24) is 0 Å². The number of amides is 1. The second kappa shape index (κ2) is 8.71. The molecule has 0 radical (unpaired) electrons. The Bertz CT molecular complexity index is 1320. The van der Waals surface area contributed by atoms with Gasteiger partial charge in [-0.25, -0.2) is 0 Å². The maximum atomic E-state index is 13.6. The van der Waals surface area contributed by atoms with Gasteiger partial charge in [0, 0.05) is 11.4 Å². The molecule has 0 aromatic heterocycles. The average molecular weight is 437 g/mol. The van der Waals surface area contributed by atoms with E-state index in [-0.39, 0.29) is 11.9 Å². The van der Waals surface area contributed by atoms with Crippen LogP contribution in [0.2, 0.25) is 0 Å². The lowest BCUT2D eigenvalue weighted by atomic mass is 9.98. The van der Waals surface area contributed by atoms with Crippen molar-refractivity contribution in [3.8, 4) is 11.5 Å². The summed E-state index contributed by atoms with van der Waals surface area (Å²) in [5.41, 5.74) is 3.24. The summed E-state index contributed by atoms with van der Waals surface area (Å²) in [7, 11) is 3.26. The van der Waals surface area contributed by atoms with E-state index in [1.807, 2.05) is 77.7 Å². The molecule has 4 aromatic carbocycles. The maximum absolute atomic E-state index is 13.6. The number of benzene rings is 4. The molecule has 4 aromatic rings. The standard InChI is InChI=1S/C28H24N2O3/c1-32-22-14-10-20(11-15-22)29-26-18-27(25-9-5-7-19-6-3-4-8-24(19)25)30(28(26)31)21-12-16-23(33-2)17-13-21/h3-18,27,29H,1-2H3/t27-/m1/s1. The van der Waals surface area contributed by atoms with Crippen LogP contribution in [-0.2, 0) is 4.79 Å². The van der Waals surface area contributed by atoms with Crippen LogP contribution in [-0.4, -0.2) is 20.1 Å². The molecule has 0 bridgehead atoms. The third-order valence-corrected chi connectivity index (χ3v) is 5.91. The number of hydrogen-bond acceptors (Lipinski definition) is 4. The van der Waals surface area contributed by atoms with Crippen LogP contribution in [0.15, 0.2) is 103 Å². The number of methoxy groups -OCH3 is 2. The van der Waals surface area contributed by atoms with E-state index >= 15 is 0 Å². The van der Waals surface area contributed by atoms with Gasteiger partial charge in [-0.15, -0.1) is 0 Å². The minimum Gasteiger partial charge on any atom is -0.497 e. The van der Waals surface area contributed by atoms with Gasteiger partial charge in [0.1, 0.15) is 17.2 Å². The molecule has 0 aliphatic carbocycles. The highest BCUT2D eigenvalue weighted by Crippen LogP contribution is 2.39. The van der Waals surface area contributed by atoms with Crippen molar-refractivity contribution in [2.45, 2.75) is 6.04 Å². The fourth-order valence-electron chi connectivity index (χ4n) is 4.24. The van der Waals surface area contributed by atoms with Crippen LogP contribution in [0.1, 0.15) is 11.6 Å². The topological polar surface area (TPSA) is 50.8 Å². The molecule has 164 valence electrons. The molecule has 5 nitrogen and oxygen atoms in total. The molecule has 1 aliphatic rings. The van der Waals surface area contributed by atoms with E-state index in [1.165, 1.54) is 0 Å². The summed E-state index contributed by atoms with van der Waals surface area (Å²) in [6, 6.07) is 29.3. The lowest BCUT2D eigenvalue weighted by Gasteiger charge is -2.26. The summed E-state index contributed by atoms with van der Waals surface area (Å²) in [5.74, 6) is 1.42. The molecule has 1 amide bonds. The Morgan fingerprint density at radius 1 is 0.758 bits per heavy atom. The summed E-state index contributed by atoms with van der Waals surface area (Å²) in [6.45, 7) is 0. The van der Waals surface area contributed by atoms with Gasteiger partial charge in [-0.2, -0.15) is 0 Å². The van der Waals surface area contributed by atoms with Gasteiger partial charge < -0.3 is 14.8 Å². The Hall–Kier alpha value is -4.25. The number of anilines is 2. The van der Waals surface area contributed by atoms with E-state index < -0.39 is 0 Å². The van der Waals surface area contributed by atoms with Gasteiger partial charge in [-0.05, 0) is 70.9 Å². The smallest absolute Gasteiger partial charge is 0.275 e. The zero-order chi connectivity index (χ0) is 22.8. The molecule has 0 fully saturated rings. The van der Waals surface area contributed by atoms with Crippen LogP contribution < -0.4 is 19.7 Å². The second-order valence-corrected chi connectivity index (χ2v) is 7.82. The van der Waals surface area contributed by atoms with Crippen molar-refractivity contribution < 1.29 is 14.3 Å². The van der Waals surface area contributed by atoms with Gasteiger partial charge in [0.2, 0.25) is 0 Å². The number of fused-ring (bicyclic) bond motifs is 1. The molecule has 0 spiro atoms. The van der Waals surface area contributed by atoms with Crippen LogP contribution in [0, 0.1) is 0 Å². The third-order valence-electron chi connectivity index (χ3n) is 5.91. The van der Waals surface area contributed by atoms with Gasteiger partial charge >= 0.3 is 0 Å². The van der Waals surface area contributed by atoms with Crippen molar-refractivity contribution in [2.24, 2.45) is 0 Å². The van der Waals surface area contributed by atoms with Gasteiger partial charge in [-0.3, -0.25) is 9.69 Å². The maximum Gasteiger partial charge on any atom is 0.275 e. The minimum absolute atomic E-state index is 0.0890. The molecule has 1 N–H and O–H groups in total. The van der Waals surface area contributed by atoms with E-state index in [0.717, 1.165) is 39.2 Å². The second-order valence-electron chi connectivity index (χ2n) is 7.82. The SMILES string of the molecule is COc1ccc(NC2=C[C@H](c3cccc4ccccc34)N(c3ccc(OC)cc3)C2=O)cc1. The highest BCUT2D eigenvalue weighted by atomic mass is 16.5. The van der Waals surface area contributed by atoms with Crippen LogP contribution in [0.25, 0.3) is 10.8 Å². The highest BCUT2D eigenvalue weighted by molar-refractivity contribution is 6.11. The molecule has 0 saturated heterocycles. The number of hydrogen-bond donors (Lipinski definition) is 1. The monoisotopic (exact) mass is 436 g/mol. The van der Waals surface area contributed by atoms with Gasteiger partial charge in [-0.1, -0.05) is 42.5 Å². The zero-order valence-corrected chi connectivity index (χ0v) is 18.5. The van der Waals surface area contributed by atoms with Crippen molar-refractivity contribution in [1.29, 1.82) is 0 Å². The summed E-state index contributed by atoms with van der Waals surface area (Å²) >= 11 is 0. The van der Waals surface area contributed by atoms with E-state index in [4.69, 9.17) is 9.47 Å². The van der Waals surface area contributed by atoms with Crippen molar-refractivity contribution in [3.05, 3.63) is 108 Å². The third kappa shape index (κ3) is 3.89. The Morgan fingerprint density at radius 3 is 2.09 bits per heavy atom. The lowest BCUT2D eigenvalue weighted by molar-refractivity contribution is -0.114. The largest absolute Gasteiger partial charge is 0.497 e. The number of nitrogens with zero attached hydrogens (tertiary/aromatic N) is 1. The fraction of sp³-hybridized carbons (Fsp3) is 0.107. The Labute approximate surface area is 192 Å². The number of rotatable bonds is 6. The molecule has 1 aliphatic heterocycles. The average Bonchev–Trinajstić information content (AvgIpc) is 3.19. The Morgan fingerprint density at radius 2 is 1.39 bits per heavy atom. The molecule has 33 heavy (non-hydrogen) atoms.